The third-order valence-corrected chi connectivity index (χ3v) is 5.30. The van der Waals surface area contributed by atoms with Crippen LogP contribution in [-0.2, 0) is 0 Å². The van der Waals surface area contributed by atoms with Crippen molar-refractivity contribution in [3.8, 4) is 0 Å². The average molecular weight is 396 g/mol. The molecule has 7 nitrogen and oxygen atoms in total. The molecule has 1 N–H and O–H groups in total. The predicted octanol–water partition coefficient (Wildman–Crippen LogP) is 3.76. The van der Waals surface area contributed by atoms with E-state index in [4.69, 9.17) is 0 Å². The second kappa shape index (κ2) is 9.41. The predicted molar refractivity (Wildman–Crippen MR) is 116 cm³/mol. The molecular formula is C22H28N4O3. The van der Waals surface area contributed by atoms with Gasteiger partial charge in [0.15, 0.2) is 0 Å². The Morgan fingerprint density at radius 3 is 2.62 bits per heavy atom. The molecule has 1 aliphatic rings. The largest absolute Gasteiger partial charge is 0.370 e. The number of rotatable bonds is 8. The van der Waals surface area contributed by atoms with Crippen molar-refractivity contribution in [1.29, 1.82) is 0 Å². The molecule has 7 heteroatoms. The summed E-state index contributed by atoms with van der Waals surface area (Å²) in [7, 11) is 0. The SMILES string of the molecule is CCN(CCNC(=O)c1ccc(N2CCCC2)c([N+](=O)[O-])c1)c1cccc(C)c1. The summed E-state index contributed by atoms with van der Waals surface area (Å²) in [6.07, 6.45) is 2.07. The van der Waals surface area contributed by atoms with E-state index in [2.05, 4.69) is 42.3 Å². The van der Waals surface area contributed by atoms with Crippen molar-refractivity contribution < 1.29 is 9.72 Å². The molecule has 0 bridgehead atoms. The Labute approximate surface area is 171 Å². The lowest BCUT2D eigenvalue weighted by Gasteiger charge is -2.23. The highest BCUT2D eigenvalue weighted by atomic mass is 16.6. The van der Waals surface area contributed by atoms with Crippen molar-refractivity contribution >= 4 is 23.0 Å². The van der Waals surface area contributed by atoms with E-state index in [1.165, 1.54) is 11.6 Å². The first-order valence-corrected chi connectivity index (χ1v) is 10.1. The van der Waals surface area contributed by atoms with Gasteiger partial charge in [-0.1, -0.05) is 12.1 Å². The van der Waals surface area contributed by atoms with Gasteiger partial charge in [-0.25, -0.2) is 0 Å². The summed E-state index contributed by atoms with van der Waals surface area (Å²) in [5.41, 5.74) is 3.22. The van der Waals surface area contributed by atoms with Crippen LogP contribution >= 0.6 is 0 Å². The minimum Gasteiger partial charge on any atom is -0.370 e. The topological polar surface area (TPSA) is 78.7 Å². The molecule has 29 heavy (non-hydrogen) atoms. The van der Waals surface area contributed by atoms with Crippen LogP contribution < -0.4 is 15.1 Å². The van der Waals surface area contributed by atoms with Gasteiger partial charge in [0.25, 0.3) is 11.6 Å². The monoisotopic (exact) mass is 396 g/mol. The molecule has 0 aliphatic carbocycles. The van der Waals surface area contributed by atoms with E-state index < -0.39 is 4.92 Å². The molecule has 0 aromatic heterocycles. The van der Waals surface area contributed by atoms with Crippen molar-refractivity contribution in [3.05, 3.63) is 63.7 Å². The molecule has 2 aromatic carbocycles. The van der Waals surface area contributed by atoms with Crippen molar-refractivity contribution in [2.75, 3.05) is 42.5 Å². The van der Waals surface area contributed by atoms with Gasteiger partial charge in [-0.3, -0.25) is 14.9 Å². The highest BCUT2D eigenvalue weighted by Crippen LogP contribution is 2.31. The van der Waals surface area contributed by atoms with Crippen LogP contribution in [-0.4, -0.2) is 43.6 Å². The number of nitro benzene ring substituents is 1. The number of nitrogens with one attached hydrogen (secondary N) is 1. The van der Waals surface area contributed by atoms with Gasteiger partial charge in [-0.05, 0) is 56.5 Å². The number of aryl methyl sites for hydroxylation is 1. The third-order valence-electron chi connectivity index (χ3n) is 5.30. The normalized spacial score (nSPS) is 13.4. The average Bonchev–Trinajstić information content (AvgIpc) is 3.25. The molecule has 1 fully saturated rings. The van der Waals surface area contributed by atoms with Crippen molar-refractivity contribution in [3.63, 3.8) is 0 Å². The van der Waals surface area contributed by atoms with E-state index in [0.29, 0.717) is 24.3 Å². The van der Waals surface area contributed by atoms with Crippen LogP contribution in [0.3, 0.4) is 0 Å². The van der Waals surface area contributed by atoms with Crippen LogP contribution in [0.1, 0.15) is 35.7 Å². The zero-order valence-corrected chi connectivity index (χ0v) is 17.1. The van der Waals surface area contributed by atoms with E-state index in [-0.39, 0.29) is 11.6 Å². The van der Waals surface area contributed by atoms with Gasteiger partial charge >= 0.3 is 0 Å². The van der Waals surface area contributed by atoms with Crippen LogP contribution in [0.2, 0.25) is 0 Å². The molecule has 1 aliphatic heterocycles. The maximum atomic E-state index is 12.5. The summed E-state index contributed by atoms with van der Waals surface area (Å²) in [4.78, 5) is 27.9. The summed E-state index contributed by atoms with van der Waals surface area (Å²) < 4.78 is 0. The van der Waals surface area contributed by atoms with E-state index in [0.717, 1.165) is 38.2 Å². The Morgan fingerprint density at radius 1 is 1.21 bits per heavy atom. The first kappa shape index (κ1) is 20.6. The number of hydrogen-bond acceptors (Lipinski definition) is 5. The Bertz CT molecular complexity index is 878. The number of benzene rings is 2. The van der Waals surface area contributed by atoms with Gasteiger partial charge in [-0.2, -0.15) is 0 Å². The minimum absolute atomic E-state index is 0.00510. The second-order valence-corrected chi connectivity index (χ2v) is 7.33. The summed E-state index contributed by atoms with van der Waals surface area (Å²) in [5.74, 6) is -0.290. The number of nitrogens with zero attached hydrogens (tertiary/aromatic N) is 3. The molecular weight excluding hydrogens is 368 g/mol. The number of hydrogen-bond donors (Lipinski definition) is 1. The summed E-state index contributed by atoms with van der Waals surface area (Å²) in [6.45, 7) is 7.72. The van der Waals surface area contributed by atoms with E-state index in [1.54, 1.807) is 12.1 Å². The number of amides is 1. The number of nitro groups is 1. The Hall–Kier alpha value is -3.09. The molecule has 1 saturated heterocycles. The molecule has 3 rings (SSSR count). The second-order valence-electron chi connectivity index (χ2n) is 7.33. The van der Waals surface area contributed by atoms with Crippen LogP contribution in [0, 0.1) is 17.0 Å². The zero-order valence-electron chi connectivity index (χ0n) is 17.1. The first-order valence-electron chi connectivity index (χ1n) is 10.1. The lowest BCUT2D eigenvalue weighted by atomic mass is 10.1. The molecule has 2 aromatic rings. The van der Waals surface area contributed by atoms with E-state index in [1.807, 2.05) is 11.0 Å². The molecule has 0 unspecified atom stereocenters. The van der Waals surface area contributed by atoms with Gasteiger partial charge in [-0.15, -0.1) is 0 Å². The first-order chi connectivity index (χ1) is 14.0. The molecule has 0 atom stereocenters. The van der Waals surface area contributed by atoms with Crippen molar-refractivity contribution in [2.24, 2.45) is 0 Å². The summed E-state index contributed by atoms with van der Waals surface area (Å²) in [6, 6.07) is 13.0. The van der Waals surface area contributed by atoms with Gasteiger partial charge in [0.1, 0.15) is 5.69 Å². The summed E-state index contributed by atoms with van der Waals surface area (Å²) >= 11 is 0. The molecule has 0 radical (unpaired) electrons. The Balaban J connectivity index is 1.64. The minimum atomic E-state index is -0.402. The maximum absolute atomic E-state index is 12.5. The lowest BCUT2D eigenvalue weighted by Crippen LogP contribution is -2.35. The number of carbonyl (C=O) groups excluding carboxylic acids is 1. The van der Waals surface area contributed by atoms with Crippen LogP contribution in [0.15, 0.2) is 42.5 Å². The standard InChI is InChI=1S/C22H28N4O3/c1-3-24(19-8-6-7-17(2)15-19)14-11-23-22(27)18-9-10-20(21(16-18)26(28)29)25-12-4-5-13-25/h6-10,15-16H,3-5,11-14H2,1-2H3,(H,23,27). The third kappa shape index (κ3) is 5.04. The van der Waals surface area contributed by atoms with Crippen molar-refractivity contribution in [1.82, 2.24) is 5.32 Å². The molecule has 0 saturated carbocycles. The Kier molecular flexibility index (Phi) is 6.69. The number of likely N-dealkylation sites (N-methyl/N-ethyl adjacent to an activating group) is 1. The lowest BCUT2D eigenvalue weighted by molar-refractivity contribution is -0.384. The van der Waals surface area contributed by atoms with E-state index in [9.17, 15) is 14.9 Å². The van der Waals surface area contributed by atoms with Gasteiger partial charge in [0, 0.05) is 50.0 Å². The number of anilines is 2. The maximum Gasteiger partial charge on any atom is 0.293 e. The fraction of sp³-hybridized carbons (Fsp3) is 0.409. The van der Waals surface area contributed by atoms with Gasteiger partial charge in [0.05, 0.1) is 4.92 Å². The van der Waals surface area contributed by atoms with Crippen LogP contribution in [0.5, 0.6) is 0 Å². The van der Waals surface area contributed by atoms with Crippen LogP contribution in [0.4, 0.5) is 17.1 Å². The smallest absolute Gasteiger partial charge is 0.293 e. The Morgan fingerprint density at radius 2 is 1.97 bits per heavy atom. The van der Waals surface area contributed by atoms with Gasteiger partial charge < -0.3 is 15.1 Å². The summed E-state index contributed by atoms with van der Waals surface area (Å²) in [5, 5.41) is 14.4. The quantitative estimate of drug-likeness (QED) is 0.543. The fourth-order valence-electron chi connectivity index (χ4n) is 3.74. The van der Waals surface area contributed by atoms with Crippen LogP contribution in [0.25, 0.3) is 0 Å². The molecule has 1 amide bonds. The van der Waals surface area contributed by atoms with Crippen molar-refractivity contribution in [2.45, 2.75) is 26.7 Å². The molecule has 0 spiro atoms. The van der Waals surface area contributed by atoms with E-state index >= 15 is 0 Å². The highest BCUT2D eigenvalue weighted by Gasteiger charge is 2.23. The molecule has 1 heterocycles. The van der Waals surface area contributed by atoms with Gasteiger partial charge in [0.2, 0.25) is 0 Å². The fourth-order valence-corrected chi connectivity index (χ4v) is 3.74. The number of carbonyl (C=O) groups is 1. The highest BCUT2D eigenvalue weighted by molar-refractivity contribution is 5.95. The zero-order chi connectivity index (χ0) is 20.8. The molecule has 154 valence electrons.